The minimum atomic E-state index is -0.307. The van der Waals surface area contributed by atoms with E-state index in [0.29, 0.717) is 11.6 Å². The van der Waals surface area contributed by atoms with E-state index in [9.17, 15) is 0 Å². The van der Waals surface area contributed by atoms with E-state index in [4.69, 9.17) is 24.9 Å². The van der Waals surface area contributed by atoms with Gasteiger partial charge in [-0.15, -0.1) is 0 Å². The number of nitrogens with zero attached hydrogens (tertiary/aromatic N) is 5. The molecule has 1 aliphatic rings. The van der Waals surface area contributed by atoms with Crippen molar-refractivity contribution >= 4 is 22.3 Å². The molecule has 70 heavy (non-hydrogen) atoms. The minimum Gasteiger partial charge on any atom is -0.360 e. The van der Waals surface area contributed by atoms with Crippen LogP contribution in [0.3, 0.4) is 0 Å². The molecule has 3 heterocycles. The van der Waals surface area contributed by atoms with Crippen molar-refractivity contribution < 1.29 is 0 Å². The Labute approximate surface area is 407 Å². The summed E-state index contributed by atoms with van der Waals surface area (Å²) < 4.78 is 0. The number of allylic oxidation sites excluding steroid dienone is 1. The molecular weight excluding hydrogens is 853 g/mol. The normalized spacial score (nSPS) is 13.3. The smallest absolute Gasteiger partial charge is 0.160 e. The maximum Gasteiger partial charge on any atom is 0.160 e. The Morgan fingerprint density at radius 2 is 0.786 bits per heavy atom. The van der Waals surface area contributed by atoms with Gasteiger partial charge in [0.1, 0.15) is 6.17 Å². The van der Waals surface area contributed by atoms with Gasteiger partial charge in [0.25, 0.3) is 0 Å². The van der Waals surface area contributed by atoms with E-state index < -0.39 is 0 Å². The molecule has 330 valence electrons. The van der Waals surface area contributed by atoms with Crippen molar-refractivity contribution in [1.82, 2.24) is 25.3 Å². The van der Waals surface area contributed by atoms with Crippen LogP contribution in [0.25, 0.3) is 95.4 Å². The van der Waals surface area contributed by atoms with Gasteiger partial charge in [0.05, 0.1) is 28.3 Å². The molecule has 0 fully saturated rings. The van der Waals surface area contributed by atoms with E-state index >= 15 is 0 Å². The first-order valence-electron chi connectivity index (χ1n) is 23.5. The minimum absolute atomic E-state index is 0.307. The van der Waals surface area contributed by atoms with Gasteiger partial charge >= 0.3 is 0 Å². The van der Waals surface area contributed by atoms with Crippen LogP contribution in [0.2, 0.25) is 0 Å². The summed E-state index contributed by atoms with van der Waals surface area (Å²) in [5.74, 6) is 1.28. The lowest BCUT2D eigenvalue weighted by Crippen LogP contribution is -2.24. The Bertz CT molecular complexity index is 3620. The molecular formula is C64H44N6. The van der Waals surface area contributed by atoms with Crippen LogP contribution in [-0.4, -0.2) is 25.6 Å². The molecule has 0 amide bonds. The zero-order valence-electron chi connectivity index (χ0n) is 38.1. The highest BCUT2D eigenvalue weighted by atomic mass is 15.1. The van der Waals surface area contributed by atoms with Gasteiger partial charge in [-0.2, -0.15) is 0 Å². The first-order chi connectivity index (χ1) is 34.7. The van der Waals surface area contributed by atoms with Crippen LogP contribution in [0.5, 0.6) is 0 Å². The number of benzene rings is 9. The summed E-state index contributed by atoms with van der Waals surface area (Å²) in [6, 6.07) is 85.9. The second-order valence-corrected chi connectivity index (χ2v) is 17.3. The molecule has 11 aromatic rings. The maximum atomic E-state index is 5.47. The molecule has 0 saturated heterocycles. The van der Waals surface area contributed by atoms with E-state index in [2.05, 4.69) is 212 Å². The predicted molar refractivity (Wildman–Crippen MR) is 286 cm³/mol. The third-order valence-electron chi connectivity index (χ3n) is 12.8. The standard InChI is InChI=1S/C64H44N6/c1-7-19-43(20-8-1)53-39-54(44-21-9-2-10-22-44)61-55(40-53)60(49-31-33-50(34-32-49)62-65-56(45-23-11-3-12-24-45)41-57(66-62)46-25-13-4-14-26-46)69-64(70-61)52-37-35-51(36-38-52)63-67-58(47-27-15-5-16-28-47)42-59(68-63)48-29-17-6-18-30-48/h1-42,63,67H. The lowest BCUT2D eigenvalue weighted by atomic mass is 9.93. The highest BCUT2D eigenvalue weighted by molar-refractivity contribution is 6.13. The quantitative estimate of drug-likeness (QED) is 0.148. The van der Waals surface area contributed by atoms with Crippen LogP contribution in [0.1, 0.15) is 22.9 Å². The van der Waals surface area contributed by atoms with E-state index in [1.165, 1.54) is 0 Å². The molecule has 0 bridgehead atoms. The molecule has 0 radical (unpaired) electrons. The lowest BCUT2D eigenvalue weighted by molar-refractivity contribution is 0.664. The molecule has 12 rings (SSSR count). The van der Waals surface area contributed by atoms with Gasteiger partial charge in [0, 0.05) is 44.5 Å². The van der Waals surface area contributed by atoms with Crippen LogP contribution in [0.4, 0.5) is 0 Å². The van der Waals surface area contributed by atoms with Crippen molar-refractivity contribution in [3.8, 4) is 78.8 Å². The fourth-order valence-corrected chi connectivity index (χ4v) is 9.14. The Hall–Kier alpha value is -9.39. The highest BCUT2D eigenvalue weighted by Crippen LogP contribution is 2.40. The number of rotatable bonds is 10. The number of nitrogens with one attached hydrogen (secondary N) is 1. The summed E-state index contributed by atoms with van der Waals surface area (Å²) in [6.45, 7) is 0. The van der Waals surface area contributed by atoms with E-state index in [-0.39, 0.29) is 6.17 Å². The molecule has 0 spiro atoms. The molecule has 1 N–H and O–H groups in total. The second-order valence-electron chi connectivity index (χ2n) is 17.3. The SMILES string of the molecule is C1=C(c2ccccc2)NC(c2ccc(-c3nc(-c4ccc(-c5nc(-c6ccccc6)cc(-c6ccccc6)n5)cc4)c4cc(-c5ccccc5)cc(-c5ccccc5)c4n3)cc2)N=C1c1ccccc1. The van der Waals surface area contributed by atoms with Crippen molar-refractivity contribution in [2.45, 2.75) is 6.17 Å². The van der Waals surface area contributed by atoms with Gasteiger partial charge in [-0.25, -0.2) is 19.9 Å². The largest absolute Gasteiger partial charge is 0.360 e. The molecule has 6 nitrogen and oxygen atoms in total. The average Bonchev–Trinajstić information content (AvgIpc) is 3.46. The Kier molecular flexibility index (Phi) is 11.2. The van der Waals surface area contributed by atoms with Crippen molar-refractivity contribution in [2.24, 2.45) is 4.99 Å². The molecule has 6 heteroatoms. The zero-order valence-corrected chi connectivity index (χ0v) is 38.1. The summed E-state index contributed by atoms with van der Waals surface area (Å²) >= 11 is 0. The molecule has 1 unspecified atom stereocenters. The zero-order chi connectivity index (χ0) is 46.6. The van der Waals surface area contributed by atoms with Crippen LogP contribution in [0, 0.1) is 0 Å². The fraction of sp³-hybridized carbons (Fsp3) is 0.0156. The Morgan fingerprint density at radius 1 is 0.329 bits per heavy atom. The van der Waals surface area contributed by atoms with Crippen LogP contribution in [0.15, 0.2) is 260 Å². The fourth-order valence-electron chi connectivity index (χ4n) is 9.14. The third-order valence-corrected chi connectivity index (χ3v) is 12.8. The first kappa shape index (κ1) is 42.0. The predicted octanol–water partition coefficient (Wildman–Crippen LogP) is 15.2. The van der Waals surface area contributed by atoms with E-state index in [1.54, 1.807) is 0 Å². The summed E-state index contributed by atoms with van der Waals surface area (Å²) in [6.07, 6.45) is 1.83. The van der Waals surface area contributed by atoms with Gasteiger partial charge in [-0.3, -0.25) is 4.99 Å². The van der Waals surface area contributed by atoms with Gasteiger partial charge in [0.2, 0.25) is 0 Å². The molecule has 2 aromatic heterocycles. The summed E-state index contributed by atoms with van der Waals surface area (Å²) in [4.78, 5) is 26.4. The number of fused-ring (bicyclic) bond motifs is 1. The van der Waals surface area contributed by atoms with Gasteiger partial charge in [-0.1, -0.05) is 231 Å². The average molecular weight is 897 g/mol. The molecule has 0 aliphatic carbocycles. The van der Waals surface area contributed by atoms with Crippen molar-refractivity contribution in [1.29, 1.82) is 0 Å². The first-order valence-corrected chi connectivity index (χ1v) is 23.5. The Balaban J connectivity index is 0.986. The molecule has 9 aromatic carbocycles. The molecule has 0 saturated carbocycles. The van der Waals surface area contributed by atoms with Crippen LogP contribution < -0.4 is 5.32 Å². The number of hydrogen-bond acceptors (Lipinski definition) is 6. The number of hydrogen-bond donors (Lipinski definition) is 1. The van der Waals surface area contributed by atoms with Crippen LogP contribution in [-0.2, 0) is 0 Å². The number of aromatic nitrogens is 4. The summed E-state index contributed by atoms with van der Waals surface area (Å²) in [7, 11) is 0. The molecule has 1 atom stereocenters. The lowest BCUT2D eigenvalue weighted by Gasteiger charge is -2.25. The topological polar surface area (TPSA) is 76.0 Å². The molecule has 1 aliphatic heterocycles. The van der Waals surface area contributed by atoms with Gasteiger partial charge in [-0.05, 0) is 57.7 Å². The van der Waals surface area contributed by atoms with Crippen molar-refractivity contribution in [3.63, 3.8) is 0 Å². The van der Waals surface area contributed by atoms with Gasteiger partial charge in [0.15, 0.2) is 11.6 Å². The van der Waals surface area contributed by atoms with Crippen molar-refractivity contribution in [3.05, 3.63) is 271 Å². The van der Waals surface area contributed by atoms with Gasteiger partial charge < -0.3 is 5.32 Å². The summed E-state index contributed by atoms with van der Waals surface area (Å²) in [5, 5.41) is 4.67. The van der Waals surface area contributed by atoms with E-state index in [0.717, 1.165) is 106 Å². The highest BCUT2D eigenvalue weighted by Gasteiger charge is 2.22. The third kappa shape index (κ3) is 8.58. The van der Waals surface area contributed by atoms with Crippen LogP contribution >= 0.6 is 0 Å². The summed E-state index contributed by atoms with van der Waals surface area (Å²) in [5.41, 5.74) is 17.7. The second kappa shape index (κ2) is 18.7. The maximum absolute atomic E-state index is 5.47. The number of aliphatic imine (C=N–C) groups is 1. The Morgan fingerprint density at radius 3 is 1.34 bits per heavy atom. The van der Waals surface area contributed by atoms with E-state index in [1.807, 2.05) is 48.5 Å². The monoisotopic (exact) mass is 896 g/mol. The van der Waals surface area contributed by atoms with Crippen molar-refractivity contribution in [2.75, 3.05) is 0 Å².